The molecule has 0 radical (unpaired) electrons. The molecule has 9 heteroatoms. The molecule has 1 aliphatic heterocycles. The van der Waals surface area contributed by atoms with Gasteiger partial charge in [-0.05, 0) is 79.3 Å². The van der Waals surface area contributed by atoms with Gasteiger partial charge < -0.3 is 9.68 Å². The van der Waals surface area contributed by atoms with Crippen molar-refractivity contribution in [2.24, 2.45) is 0 Å². The van der Waals surface area contributed by atoms with Crippen LogP contribution >= 0.6 is 15.9 Å². The second-order valence-corrected chi connectivity index (χ2v) is 9.10. The Hall–Kier alpha value is -1.97. The summed E-state index contributed by atoms with van der Waals surface area (Å²) in [5.41, 5.74) is 3.83. The van der Waals surface area contributed by atoms with E-state index in [1.54, 1.807) is 13.0 Å². The third-order valence-electron chi connectivity index (χ3n) is 4.92. The van der Waals surface area contributed by atoms with E-state index in [1.165, 1.54) is 23.3 Å². The molecule has 1 aliphatic rings. The maximum absolute atomic E-state index is 12.7. The third kappa shape index (κ3) is 5.20. The van der Waals surface area contributed by atoms with Crippen LogP contribution < -0.4 is 5.46 Å². The van der Waals surface area contributed by atoms with Gasteiger partial charge in [-0.25, -0.2) is 4.39 Å². The van der Waals surface area contributed by atoms with Gasteiger partial charge in [0.1, 0.15) is 10.4 Å². The quantitative estimate of drug-likeness (QED) is 0.583. The molecule has 6 nitrogen and oxygen atoms in total. The number of fused-ring (bicyclic) bond motifs is 1. The van der Waals surface area contributed by atoms with Crippen molar-refractivity contribution in [2.75, 3.05) is 0 Å². The summed E-state index contributed by atoms with van der Waals surface area (Å²) in [4.78, 5) is 0. The molecule has 0 saturated heterocycles. The maximum Gasteiger partial charge on any atom is 0.491 e. The number of hydrogen-bond acceptors (Lipinski definition) is 4. The van der Waals surface area contributed by atoms with Gasteiger partial charge in [0.25, 0.3) is 0 Å². The van der Waals surface area contributed by atoms with Crippen molar-refractivity contribution in [1.82, 2.24) is 19.6 Å². The van der Waals surface area contributed by atoms with E-state index < -0.39 is 7.12 Å². The fourth-order valence-electron chi connectivity index (χ4n) is 3.20. The largest absolute Gasteiger partial charge is 0.491 e. The first-order valence-corrected chi connectivity index (χ1v) is 10.8. The van der Waals surface area contributed by atoms with E-state index in [0.717, 1.165) is 23.1 Å². The van der Waals surface area contributed by atoms with Gasteiger partial charge in [0, 0.05) is 30.9 Å². The first kappa shape index (κ1) is 22.7. The second kappa shape index (κ2) is 9.04. The Morgan fingerprint density at radius 2 is 2.03 bits per heavy atom. The minimum atomic E-state index is -0.893. The number of nitrogens with zero attached hydrogens (tertiary/aromatic N) is 4. The normalized spacial score (nSPS) is 15.7. The lowest BCUT2D eigenvalue weighted by molar-refractivity contribution is 0.208. The summed E-state index contributed by atoms with van der Waals surface area (Å²) < 4.78 is 22.7. The number of hydrogen-bond donors (Lipinski definition) is 1. The lowest BCUT2D eigenvalue weighted by Gasteiger charge is -2.18. The van der Waals surface area contributed by atoms with Crippen LogP contribution in [0.4, 0.5) is 4.39 Å². The SMILES string of the molecule is CCn1cc(Cc2cn(C(C)(C)C)nc2Br)cn1.C[C@H]1OB(O)c2ccc(F)cc21. The van der Waals surface area contributed by atoms with Crippen LogP contribution in [0.3, 0.4) is 0 Å². The Bertz CT molecular complexity index is 1010. The van der Waals surface area contributed by atoms with Crippen molar-refractivity contribution < 1.29 is 14.1 Å². The van der Waals surface area contributed by atoms with Gasteiger partial charge in [-0.2, -0.15) is 10.2 Å². The zero-order valence-electron chi connectivity index (χ0n) is 17.9. The standard InChI is InChI=1S/C13H19BrN4.C8H8BFO2/c1-5-17-8-10(7-15-17)6-11-9-18(13(2,3)4)16-12(11)14;1-5-7-4-6(10)2-3-8(7)9(11)12-5/h7-9H,5-6H2,1-4H3;2-5,11H,1H3/t;5-/m.1/s1. The van der Waals surface area contributed by atoms with Crippen molar-refractivity contribution in [3.05, 3.63) is 63.9 Å². The van der Waals surface area contributed by atoms with E-state index in [0.29, 0.717) is 5.46 Å². The molecule has 0 spiro atoms. The number of aromatic nitrogens is 4. The molecule has 1 atom stereocenters. The van der Waals surface area contributed by atoms with Gasteiger partial charge in [-0.3, -0.25) is 9.36 Å². The maximum atomic E-state index is 12.7. The molecule has 1 aromatic carbocycles. The fourth-order valence-corrected chi connectivity index (χ4v) is 3.62. The molecule has 1 N–H and O–H groups in total. The minimum absolute atomic E-state index is 0.00830. The summed E-state index contributed by atoms with van der Waals surface area (Å²) in [6.45, 7) is 11.2. The number of halogens is 2. The Balaban J connectivity index is 0.000000184. The first-order valence-electron chi connectivity index (χ1n) is 9.97. The van der Waals surface area contributed by atoms with Crippen LogP contribution in [-0.4, -0.2) is 31.7 Å². The molecule has 0 saturated carbocycles. The smallest absolute Gasteiger partial charge is 0.423 e. The minimum Gasteiger partial charge on any atom is -0.423 e. The molecule has 4 rings (SSSR count). The van der Waals surface area contributed by atoms with Crippen molar-refractivity contribution in [3.63, 3.8) is 0 Å². The van der Waals surface area contributed by atoms with Gasteiger partial charge in [0.2, 0.25) is 0 Å². The van der Waals surface area contributed by atoms with Crippen LogP contribution in [-0.2, 0) is 23.2 Å². The van der Waals surface area contributed by atoms with Crippen molar-refractivity contribution in [2.45, 2.75) is 59.2 Å². The van der Waals surface area contributed by atoms with E-state index >= 15 is 0 Å². The Morgan fingerprint density at radius 3 is 2.63 bits per heavy atom. The summed E-state index contributed by atoms with van der Waals surface area (Å²) in [6, 6.07) is 4.28. The number of aryl methyl sites for hydroxylation is 1. The summed E-state index contributed by atoms with van der Waals surface area (Å²) in [7, 11) is -0.893. The highest BCUT2D eigenvalue weighted by Gasteiger charge is 2.32. The molecule has 3 aromatic rings. The Morgan fingerprint density at radius 1 is 1.30 bits per heavy atom. The first-order chi connectivity index (χ1) is 14.1. The Labute approximate surface area is 185 Å². The van der Waals surface area contributed by atoms with Gasteiger partial charge in [0.05, 0.1) is 17.8 Å². The summed E-state index contributed by atoms with van der Waals surface area (Å²) >= 11 is 3.53. The number of rotatable bonds is 3. The molecule has 30 heavy (non-hydrogen) atoms. The summed E-state index contributed by atoms with van der Waals surface area (Å²) in [6.07, 6.45) is 6.75. The van der Waals surface area contributed by atoms with E-state index in [4.69, 9.17) is 4.65 Å². The fraction of sp³-hybridized carbons (Fsp3) is 0.429. The molecule has 0 bridgehead atoms. The highest BCUT2D eigenvalue weighted by atomic mass is 79.9. The molecule has 0 aliphatic carbocycles. The van der Waals surface area contributed by atoms with Gasteiger partial charge in [0.15, 0.2) is 0 Å². The molecule has 0 amide bonds. The van der Waals surface area contributed by atoms with Gasteiger partial charge >= 0.3 is 7.12 Å². The van der Waals surface area contributed by atoms with Crippen LogP contribution in [0.25, 0.3) is 0 Å². The summed E-state index contributed by atoms with van der Waals surface area (Å²) in [5.74, 6) is -0.293. The highest BCUT2D eigenvalue weighted by Crippen LogP contribution is 2.23. The average molecular weight is 477 g/mol. The van der Waals surface area contributed by atoms with Crippen LogP contribution in [0.15, 0.2) is 41.4 Å². The number of benzene rings is 1. The third-order valence-corrected chi connectivity index (χ3v) is 5.58. The predicted octanol–water partition coefficient (Wildman–Crippen LogP) is 3.81. The van der Waals surface area contributed by atoms with Gasteiger partial charge in [-0.1, -0.05) is 6.07 Å². The van der Waals surface area contributed by atoms with E-state index in [1.807, 2.05) is 15.6 Å². The second-order valence-electron chi connectivity index (χ2n) is 8.35. The average Bonchev–Trinajstić information content (AvgIpc) is 3.35. The van der Waals surface area contributed by atoms with Gasteiger partial charge in [-0.15, -0.1) is 0 Å². The molecular weight excluding hydrogens is 450 g/mol. The van der Waals surface area contributed by atoms with Crippen molar-refractivity contribution in [1.29, 1.82) is 0 Å². The lowest BCUT2D eigenvalue weighted by Crippen LogP contribution is -2.27. The predicted molar refractivity (Wildman–Crippen MR) is 119 cm³/mol. The molecule has 0 fully saturated rings. The van der Waals surface area contributed by atoms with Crippen LogP contribution in [0.5, 0.6) is 0 Å². The lowest BCUT2D eigenvalue weighted by atomic mass is 9.79. The van der Waals surface area contributed by atoms with Crippen LogP contribution in [0, 0.1) is 5.82 Å². The monoisotopic (exact) mass is 476 g/mol. The zero-order chi connectivity index (χ0) is 22.1. The van der Waals surface area contributed by atoms with E-state index in [2.05, 4.69) is 66.2 Å². The Kier molecular flexibility index (Phi) is 6.84. The molecular formula is C21H27BBrFN4O2. The van der Waals surface area contributed by atoms with Crippen molar-refractivity contribution >= 4 is 28.5 Å². The highest BCUT2D eigenvalue weighted by molar-refractivity contribution is 9.10. The topological polar surface area (TPSA) is 65.1 Å². The van der Waals surface area contributed by atoms with E-state index in [-0.39, 0.29) is 17.5 Å². The van der Waals surface area contributed by atoms with Crippen LogP contribution in [0.2, 0.25) is 0 Å². The molecule has 160 valence electrons. The summed E-state index contributed by atoms with van der Waals surface area (Å²) in [5, 5.41) is 18.1. The van der Waals surface area contributed by atoms with Crippen LogP contribution in [0.1, 0.15) is 57.4 Å². The molecule has 0 unspecified atom stereocenters. The van der Waals surface area contributed by atoms with E-state index in [9.17, 15) is 9.41 Å². The molecule has 3 heterocycles. The van der Waals surface area contributed by atoms with Crippen molar-refractivity contribution in [3.8, 4) is 0 Å². The molecule has 2 aromatic heterocycles. The zero-order valence-corrected chi connectivity index (χ0v) is 19.5.